The normalized spacial score (nSPS) is 10.1. The van der Waals surface area contributed by atoms with E-state index in [1.54, 1.807) is 11.4 Å². The minimum Gasteiger partial charge on any atom is -0.352 e. The molecule has 1 heterocycles. The zero-order valence-corrected chi connectivity index (χ0v) is 12.7. The van der Waals surface area contributed by atoms with Crippen molar-refractivity contribution in [2.45, 2.75) is 19.8 Å². The van der Waals surface area contributed by atoms with Gasteiger partial charge in [-0.15, -0.1) is 0 Å². The lowest BCUT2D eigenvalue weighted by atomic mass is 10.2. The van der Waals surface area contributed by atoms with Crippen molar-refractivity contribution in [1.82, 2.24) is 5.32 Å². The summed E-state index contributed by atoms with van der Waals surface area (Å²) in [6.45, 7) is 2.45. The number of hydrogen-bond donors (Lipinski definition) is 2. The van der Waals surface area contributed by atoms with Crippen molar-refractivity contribution < 1.29 is 9.59 Å². The smallest absolute Gasteiger partial charge is 0.252 e. The molecule has 2 N–H and O–H groups in total. The number of carbonyl (C=O) groups is 2. The van der Waals surface area contributed by atoms with Crippen molar-refractivity contribution in [2.24, 2.45) is 0 Å². The lowest BCUT2D eigenvalue weighted by Crippen LogP contribution is -2.25. The standard InChI is InChI=1S/C16H18N2O2S/c1-12-5-2-3-6-14(12)18-15(19)7-4-9-17-16(20)13-8-10-21-11-13/h2-3,5-6,8,10-11H,4,7,9H2,1H3,(H,17,20)(H,18,19). The molecule has 0 unspecified atom stereocenters. The number of amides is 2. The van der Waals surface area contributed by atoms with Gasteiger partial charge in [-0.3, -0.25) is 9.59 Å². The highest BCUT2D eigenvalue weighted by molar-refractivity contribution is 7.08. The molecule has 5 heteroatoms. The average Bonchev–Trinajstić information content (AvgIpc) is 3.00. The maximum Gasteiger partial charge on any atom is 0.252 e. The number of rotatable bonds is 6. The molecule has 0 saturated carbocycles. The Balaban J connectivity index is 1.68. The van der Waals surface area contributed by atoms with Crippen LogP contribution in [0.4, 0.5) is 5.69 Å². The van der Waals surface area contributed by atoms with E-state index in [0.717, 1.165) is 11.3 Å². The Labute approximate surface area is 128 Å². The molecular formula is C16H18N2O2S. The largest absolute Gasteiger partial charge is 0.352 e. The second-order valence-corrected chi connectivity index (χ2v) is 5.51. The molecule has 2 rings (SSSR count). The van der Waals surface area contributed by atoms with Crippen LogP contribution in [0.3, 0.4) is 0 Å². The first kappa shape index (κ1) is 15.3. The van der Waals surface area contributed by atoms with Gasteiger partial charge in [0.15, 0.2) is 0 Å². The second kappa shape index (κ2) is 7.59. The maximum atomic E-state index is 11.8. The van der Waals surface area contributed by atoms with Gasteiger partial charge in [0.25, 0.3) is 5.91 Å². The molecule has 2 aromatic rings. The summed E-state index contributed by atoms with van der Waals surface area (Å²) in [6, 6.07) is 9.45. The van der Waals surface area contributed by atoms with Gasteiger partial charge in [0, 0.05) is 29.6 Å². The number of carbonyl (C=O) groups excluding carboxylic acids is 2. The Morgan fingerprint density at radius 1 is 1.19 bits per heavy atom. The molecule has 0 aliphatic heterocycles. The zero-order chi connectivity index (χ0) is 15.1. The highest BCUT2D eigenvalue weighted by atomic mass is 32.1. The van der Waals surface area contributed by atoms with E-state index in [1.165, 1.54) is 11.3 Å². The summed E-state index contributed by atoms with van der Waals surface area (Å²) in [5.74, 6) is -0.121. The molecule has 0 aliphatic carbocycles. The molecule has 0 bridgehead atoms. The summed E-state index contributed by atoms with van der Waals surface area (Å²) < 4.78 is 0. The Hall–Kier alpha value is -2.14. The van der Waals surface area contributed by atoms with Crippen LogP contribution in [-0.2, 0) is 4.79 Å². The number of para-hydroxylation sites is 1. The number of thiophene rings is 1. The van der Waals surface area contributed by atoms with Gasteiger partial charge >= 0.3 is 0 Å². The third-order valence-electron chi connectivity index (χ3n) is 3.07. The lowest BCUT2D eigenvalue weighted by molar-refractivity contribution is -0.116. The Morgan fingerprint density at radius 2 is 2.00 bits per heavy atom. The molecule has 0 fully saturated rings. The summed E-state index contributed by atoms with van der Waals surface area (Å²) in [7, 11) is 0. The van der Waals surface area contributed by atoms with E-state index in [2.05, 4.69) is 10.6 Å². The van der Waals surface area contributed by atoms with Crippen molar-refractivity contribution in [3.8, 4) is 0 Å². The first-order valence-corrected chi connectivity index (χ1v) is 7.77. The fourth-order valence-electron chi connectivity index (χ4n) is 1.87. The predicted molar refractivity (Wildman–Crippen MR) is 85.7 cm³/mol. The number of anilines is 1. The first-order chi connectivity index (χ1) is 10.2. The molecule has 0 atom stereocenters. The summed E-state index contributed by atoms with van der Waals surface area (Å²) in [6.07, 6.45) is 1.01. The summed E-state index contributed by atoms with van der Waals surface area (Å²) in [4.78, 5) is 23.5. The summed E-state index contributed by atoms with van der Waals surface area (Å²) in [5, 5.41) is 9.35. The minimum atomic E-state index is -0.0874. The lowest BCUT2D eigenvalue weighted by Gasteiger charge is -2.08. The van der Waals surface area contributed by atoms with Crippen molar-refractivity contribution >= 4 is 28.8 Å². The van der Waals surface area contributed by atoms with E-state index in [-0.39, 0.29) is 11.8 Å². The monoisotopic (exact) mass is 302 g/mol. The van der Waals surface area contributed by atoms with Crippen molar-refractivity contribution in [1.29, 1.82) is 0 Å². The molecule has 1 aromatic carbocycles. The molecule has 0 saturated heterocycles. The van der Waals surface area contributed by atoms with Crippen LogP contribution in [0, 0.1) is 6.92 Å². The third-order valence-corrected chi connectivity index (χ3v) is 3.75. The minimum absolute atomic E-state index is 0.0333. The fourth-order valence-corrected chi connectivity index (χ4v) is 2.51. The zero-order valence-electron chi connectivity index (χ0n) is 11.9. The van der Waals surface area contributed by atoms with E-state index in [1.807, 2.05) is 36.6 Å². The number of aryl methyl sites for hydroxylation is 1. The molecule has 0 radical (unpaired) electrons. The molecule has 1 aromatic heterocycles. The van der Waals surface area contributed by atoms with E-state index in [0.29, 0.717) is 24.9 Å². The first-order valence-electron chi connectivity index (χ1n) is 6.82. The average molecular weight is 302 g/mol. The van der Waals surface area contributed by atoms with Crippen LogP contribution < -0.4 is 10.6 Å². The van der Waals surface area contributed by atoms with Gasteiger partial charge in [-0.2, -0.15) is 11.3 Å². The molecule has 0 aliphatic rings. The molecule has 0 spiro atoms. The highest BCUT2D eigenvalue weighted by Crippen LogP contribution is 2.13. The SMILES string of the molecule is Cc1ccccc1NC(=O)CCCNC(=O)c1ccsc1. The van der Waals surface area contributed by atoms with Crippen LogP contribution in [-0.4, -0.2) is 18.4 Å². The quantitative estimate of drug-likeness (QED) is 0.805. The third kappa shape index (κ3) is 4.72. The van der Waals surface area contributed by atoms with Crippen LogP contribution in [0.25, 0.3) is 0 Å². The van der Waals surface area contributed by atoms with Gasteiger partial charge in [0.05, 0.1) is 0 Å². The van der Waals surface area contributed by atoms with Crippen LogP contribution >= 0.6 is 11.3 Å². The maximum absolute atomic E-state index is 11.8. The number of nitrogens with one attached hydrogen (secondary N) is 2. The second-order valence-electron chi connectivity index (χ2n) is 4.73. The van der Waals surface area contributed by atoms with Crippen LogP contribution in [0.2, 0.25) is 0 Å². The Kier molecular flexibility index (Phi) is 5.51. The molecule has 4 nitrogen and oxygen atoms in total. The summed E-state index contributed by atoms with van der Waals surface area (Å²) in [5.41, 5.74) is 2.55. The van der Waals surface area contributed by atoms with Crippen molar-refractivity contribution in [3.63, 3.8) is 0 Å². The topological polar surface area (TPSA) is 58.2 Å². The number of hydrogen-bond acceptors (Lipinski definition) is 3. The van der Waals surface area contributed by atoms with Gasteiger partial charge in [-0.05, 0) is 36.4 Å². The van der Waals surface area contributed by atoms with Gasteiger partial charge in [-0.25, -0.2) is 0 Å². The molecule has 21 heavy (non-hydrogen) atoms. The van der Waals surface area contributed by atoms with E-state index in [9.17, 15) is 9.59 Å². The Morgan fingerprint density at radius 3 is 2.71 bits per heavy atom. The molecule has 110 valence electrons. The van der Waals surface area contributed by atoms with Gasteiger partial charge in [0.1, 0.15) is 0 Å². The van der Waals surface area contributed by atoms with Gasteiger partial charge < -0.3 is 10.6 Å². The summed E-state index contributed by atoms with van der Waals surface area (Å²) >= 11 is 1.49. The van der Waals surface area contributed by atoms with Gasteiger partial charge in [0.2, 0.25) is 5.91 Å². The fraction of sp³-hybridized carbons (Fsp3) is 0.250. The van der Waals surface area contributed by atoms with E-state index >= 15 is 0 Å². The Bertz CT molecular complexity index is 608. The van der Waals surface area contributed by atoms with Crippen molar-refractivity contribution in [2.75, 3.05) is 11.9 Å². The van der Waals surface area contributed by atoms with Crippen LogP contribution in [0.15, 0.2) is 41.1 Å². The predicted octanol–water partition coefficient (Wildman–Crippen LogP) is 3.21. The number of benzene rings is 1. The van der Waals surface area contributed by atoms with E-state index in [4.69, 9.17) is 0 Å². The van der Waals surface area contributed by atoms with E-state index < -0.39 is 0 Å². The van der Waals surface area contributed by atoms with Crippen LogP contribution in [0.5, 0.6) is 0 Å². The van der Waals surface area contributed by atoms with Gasteiger partial charge in [-0.1, -0.05) is 18.2 Å². The van der Waals surface area contributed by atoms with Crippen LogP contribution in [0.1, 0.15) is 28.8 Å². The highest BCUT2D eigenvalue weighted by Gasteiger charge is 2.06. The molecular weight excluding hydrogens is 284 g/mol. The molecule has 2 amide bonds. The van der Waals surface area contributed by atoms with Crippen molar-refractivity contribution in [3.05, 3.63) is 52.2 Å².